The van der Waals surface area contributed by atoms with Gasteiger partial charge in [0.25, 0.3) is 0 Å². The van der Waals surface area contributed by atoms with Gasteiger partial charge in [-0.1, -0.05) is 0 Å². The molecule has 4 aromatic heterocycles. The maximum absolute atomic E-state index is 14.8. The van der Waals surface area contributed by atoms with E-state index in [1.165, 1.54) is 23.9 Å². The van der Waals surface area contributed by atoms with Gasteiger partial charge in [0.2, 0.25) is 0 Å². The van der Waals surface area contributed by atoms with Crippen LogP contribution in [0.2, 0.25) is 0 Å². The van der Waals surface area contributed by atoms with Crippen LogP contribution in [0.4, 0.5) is 10.2 Å². The van der Waals surface area contributed by atoms with Crippen molar-refractivity contribution < 1.29 is 18.7 Å². The van der Waals surface area contributed by atoms with Gasteiger partial charge >= 0.3 is 5.97 Å². The lowest BCUT2D eigenvalue weighted by Crippen LogP contribution is -2.10. The number of carbonyl (C=O) groups excluding carboxylic acids is 1. The van der Waals surface area contributed by atoms with Gasteiger partial charge in [-0.05, 0) is 12.1 Å². The van der Waals surface area contributed by atoms with Gasteiger partial charge in [-0.15, -0.1) is 0 Å². The van der Waals surface area contributed by atoms with Crippen LogP contribution in [0.3, 0.4) is 0 Å². The molecule has 0 fully saturated rings. The van der Waals surface area contributed by atoms with Crippen LogP contribution in [0.15, 0.2) is 30.6 Å². The molecule has 10 heteroatoms. The standard InChI is InChI=1S/C18H17FN6O3/c1-10(26)28-6-5-25-18-12(17(20)23-25)8-14(19)16(22-18)13-9-21-24-4-3-11(27-2)7-15(13)24/h3-4,7-9H,5-6H2,1-2H3,(H2,20,23). The SMILES string of the molecule is COc1ccn2ncc(-c3nc4c(cc3F)c(N)nn4CCOC(C)=O)c2c1. The minimum absolute atomic E-state index is 0.105. The van der Waals surface area contributed by atoms with Crippen molar-refractivity contribution in [3.8, 4) is 17.0 Å². The molecule has 0 aromatic carbocycles. The van der Waals surface area contributed by atoms with Crippen LogP contribution < -0.4 is 10.5 Å². The first kappa shape index (κ1) is 17.7. The first-order valence-corrected chi connectivity index (χ1v) is 8.45. The highest BCUT2D eigenvalue weighted by Gasteiger charge is 2.19. The van der Waals surface area contributed by atoms with E-state index in [0.29, 0.717) is 27.9 Å². The third-order valence-electron chi connectivity index (χ3n) is 4.30. The van der Waals surface area contributed by atoms with Gasteiger partial charge in [0.05, 0.1) is 30.8 Å². The lowest BCUT2D eigenvalue weighted by Gasteiger charge is -2.06. The minimum atomic E-state index is -0.545. The van der Waals surface area contributed by atoms with Crippen molar-refractivity contribution in [3.63, 3.8) is 0 Å². The summed E-state index contributed by atoms with van der Waals surface area (Å²) in [4.78, 5) is 15.4. The fourth-order valence-electron chi connectivity index (χ4n) is 2.99. The monoisotopic (exact) mass is 384 g/mol. The maximum atomic E-state index is 14.8. The molecular formula is C18H17FN6O3. The normalized spacial score (nSPS) is 11.2. The van der Waals surface area contributed by atoms with E-state index in [1.807, 2.05) is 0 Å². The van der Waals surface area contributed by atoms with E-state index < -0.39 is 11.8 Å². The minimum Gasteiger partial charge on any atom is -0.497 e. The first-order chi connectivity index (χ1) is 13.5. The highest BCUT2D eigenvalue weighted by Crippen LogP contribution is 2.31. The molecule has 0 saturated heterocycles. The van der Waals surface area contributed by atoms with Crippen molar-refractivity contribution in [2.24, 2.45) is 0 Å². The average Bonchev–Trinajstić information content (AvgIpc) is 3.21. The zero-order valence-corrected chi connectivity index (χ0v) is 15.2. The van der Waals surface area contributed by atoms with Gasteiger partial charge in [0.1, 0.15) is 18.1 Å². The number of nitrogens with two attached hydrogens (primary N) is 1. The summed E-state index contributed by atoms with van der Waals surface area (Å²) < 4.78 is 28.1. The van der Waals surface area contributed by atoms with E-state index in [0.717, 1.165) is 0 Å². The third-order valence-corrected chi connectivity index (χ3v) is 4.30. The summed E-state index contributed by atoms with van der Waals surface area (Å²) in [5, 5.41) is 8.80. The Bertz CT molecular complexity index is 1200. The number of hydrogen-bond donors (Lipinski definition) is 1. The van der Waals surface area contributed by atoms with Gasteiger partial charge in [-0.2, -0.15) is 10.2 Å². The molecule has 0 unspecified atom stereocenters. The van der Waals surface area contributed by atoms with E-state index in [4.69, 9.17) is 15.2 Å². The number of esters is 1. The molecular weight excluding hydrogens is 367 g/mol. The van der Waals surface area contributed by atoms with Crippen LogP contribution in [-0.4, -0.2) is 44.1 Å². The first-order valence-electron chi connectivity index (χ1n) is 8.45. The van der Waals surface area contributed by atoms with Gasteiger partial charge < -0.3 is 15.2 Å². The van der Waals surface area contributed by atoms with Crippen LogP contribution in [0.1, 0.15) is 6.92 Å². The Morgan fingerprint density at radius 1 is 1.36 bits per heavy atom. The summed E-state index contributed by atoms with van der Waals surface area (Å²) in [7, 11) is 1.55. The molecule has 0 aliphatic heterocycles. The fourth-order valence-corrected chi connectivity index (χ4v) is 2.99. The van der Waals surface area contributed by atoms with Crippen molar-refractivity contribution >= 4 is 28.3 Å². The van der Waals surface area contributed by atoms with Crippen LogP contribution in [0, 0.1) is 5.82 Å². The van der Waals surface area contributed by atoms with E-state index in [2.05, 4.69) is 15.2 Å². The molecule has 0 radical (unpaired) electrons. The molecule has 4 heterocycles. The number of aromatic nitrogens is 5. The van der Waals surface area contributed by atoms with Crippen LogP contribution in [0.5, 0.6) is 5.75 Å². The Labute approximate surface area is 158 Å². The number of hydrogen-bond acceptors (Lipinski definition) is 7. The lowest BCUT2D eigenvalue weighted by atomic mass is 10.1. The molecule has 0 aliphatic carbocycles. The molecule has 0 saturated carbocycles. The molecule has 4 rings (SSSR count). The van der Waals surface area contributed by atoms with E-state index in [-0.39, 0.29) is 24.7 Å². The number of rotatable bonds is 5. The van der Waals surface area contributed by atoms with Gasteiger partial charge in [0.15, 0.2) is 17.3 Å². The zero-order valence-electron chi connectivity index (χ0n) is 15.2. The number of ether oxygens (including phenoxy) is 2. The summed E-state index contributed by atoms with van der Waals surface area (Å²) in [6.07, 6.45) is 3.25. The molecule has 0 spiro atoms. The van der Waals surface area contributed by atoms with Crippen LogP contribution >= 0.6 is 0 Å². The second kappa shape index (κ2) is 6.80. The van der Waals surface area contributed by atoms with Crippen LogP contribution in [-0.2, 0) is 16.1 Å². The quantitative estimate of drug-likeness (QED) is 0.524. The number of pyridine rings is 2. The molecule has 2 N–H and O–H groups in total. The summed E-state index contributed by atoms with van der Waals surface area (Å²) in [6.45, 7) is 1.67. The van der Waals surface area contributed by atoms with Crippen molar-refractivity contribution in [1.29, 1.82) is 0 Å². The molecule has 0 atom stereocenters. The zero-order chi connectivity index (χ0) is 19.8. The summed E-state index contributed by atoms with van der Waals surface area (Å²) in [5.41, 5.74) is 7.55. The highest BCUT2D eigenvalue weighted by molar-refractivity contribution is 5.90. The number of fused-ring (bicyclic) bond motifs is 2. The van der Waals surface area contributed by atoms with Gasteiger partial charge in [-0.3, -0.25) is 4.79 Å². The van der Waals surface area contributed by atoms with Crippen LogP contribution in [0.25, 0.3) is 27.8 Å². The number of nitrogen functional groups attached to an aromatic ring is 1. The molecule has 9 nitrogen and oxygen atoms in total. The molecule has 0 amide bonds. The van der Waals surface area contributed by atoms with Crippen molar-refractivity contribution in [3.05, 3.63) is 36.4 Å². The predicted octanol–water partition coefficient (Wildman–Crippen LogP) is 2.04. The second-order valence-electron chi connectivity index (χ2n) is 6.09. The number of methoxy groups -OCH3 is 1. The third kappa shape index (κ3) is 2.98. The maximum Gasteiger partial charge on any atom is 0.302 e. The van der Waals surface area contributed by atoms with E-state index >= 15 is 0 Å². The van der Waals surface area contributed by atoms with E-state index in [1.54, 1.807) is 30.0 Å². The molecule has 28 heavy (non-hydrogen) atoms. The van der Waals surface area contributed by atoms with Crippen molar-refractivity contribution in [2.45, 2.75) is 13.5 Å². The number of halogens is 1. The Morgan fingerprint density at radius 2 is 2.18 bits per heavy atom. The molecule has 0 aliphatic rings. The predicted molar refractivity (Wildman–Crippen MR) is 99.3 cm³/mol. The van der Waals surface area contributed by atoms with Crippen molar-refractivity contribution in [2.75, 3.05) is 19.5 Å². The summed E-state index contributed by atoms with van der Waals surface area (Å²) in [5.74, 6) is -0.176. The van der Waals surface area contributed by atoms with Gasteiger partial charge in [-0.25, -0.2) is 18.6 Å². The Balaban J connectivity index is 1.83. The Hall–Kier alpha value is -3.69. The largest absolute Gasteiger partial charge is 0.497 e. The number of nitrogens with zero attached hydrogens (tertiary/aromatic N) is 5. The molecule has 144 valence electrons. The topological polar surface area (TPSA) is 110 Å². The Kier molecular flexibility index (Phi) is 4.30. The average molecular weight is 384 g/mol. The second-order valence-corrected chi connectivity index (χ2v) is 6.09. The fraction of sp³-hybridized carbons (Fsp3) is 0.222. The Morgan fingerprint density at radius 3 is 2.93 bits per heavy atom. The molecule has 4 aromatic rings. The smallest absolute Gasteiger partial charge is 0.302 e. The number of carbonyl (C=O) groups is 1. The highest BCUT2D eigenvalue weighted by atomic mass is 19.1. The lowest BCUT2D eigenvalue weighted by molar-refractivity contribution is -0.141. The number of anilines is 1. The van der Waals surface area contributed by atoms with E-state index in [9.17, 15) is 9.18 Å². The molecule has 0 bridgehead atoms. The summed E-state index contributed by atoms with van der Waals surface area (Å²) in [6, 6.07) is 4.80. The van der Waals surface area contributed by atoms with Crippen molar-refractivity contribution in [1.82, 2.24) is 24.4 Å². The summed E-state index contributed by atoms with van der Waals surface area (Å²) >= 11 is 0. The van der Waals surface area contributed by atoms with Gasteiger partial charge in [0, 0.05) is 24.8 Å².